The Morgan fingerprint density at radius 2 is 1.90 bits per heavy atom. The number of rotatable bonds is 4. The van der Waals surface area contributed by atoms with Crippen molar-refractivity contribution in [2.75, 3.05) is 11.9 Å². The van der Waals surface area contributed by atoms with Gasteiger partial charge in [-0.15, -0.1) is 0 Å². The van der Waals surface area contributed by atoms with Gasteiger partial charge < -0.3 is 5.32 Å². The zero-order chi connectivity index (χ0) is 14.7. The van der Waals surface area contributed by atoms with Crippen LogP contribution in [0.5, 0.6) is 0 Å². The van der Waals surface area contributed by atoms with E-state index < -0.39 is 11.6 Å². The van der Waals surface area contributed by atoms with Gasteiger partial charge in [-0.2, -0.15) is 0 Å². The van der Waals surface area contributed by atoms with E-state index in [0.29, 0.717) is 29.6 Å². The lowest BCUT2D eigenvalue weighted by atomic mass is 10.1. The quantitative estimate of drug-likeness (QED) is 0.801. The van der Waals surface area contributed by atoms with Crippen LogP contribution in [-0.2, 0) is 6.42 Å². The molecule has 6 heteroatoms. The standard InChI is InChI=1S/C15H12F2N4/c16-11-5-12(17)15-13(2-4-21-14(15)6-11)20-3-1-10-7-18-9-19-8-10/h2,4-9H,1,3H2,(H,20,21). The lowest BCUT2D eigenvalue weighted by Gasteiger charge is -2.10. The van der Waals surface area contributed by atoms with Crippen LogP contribution in [0.1, 0.15) is 5.56 Å². The third kappa shape index (κ3) is 2.94. The van der Waals surface area contributed by atoms with Crippen LogP contribution < -0.4 is 5.32 Å². The number of fused-ring (bicyclic) bond motifs is 1. The third-order valence-electron chi connectivity index (χ3n) is 3.10. The van der Waals surface area contributed by atoms with E-state index in [-0.39, 0.29) is 0 Å². The van der Waals surface area contributed by atoms with Gasteiger partial charge in [-0.3, -0.25) is 4.98 Å². The minimum Gasteiger partial charge on any atom is -0.384 e. The molecule has 0 amide bonds. The summed E-state index contributed by atoms with van der Waals surface area (Å²) >= 11 is 0. The van der Waals surface area contributed by atoms with Crippen molar-refractivity contribution in [1.82, 2.24) is 15.0 Å². The van der Waals surface area contributed by atoms with Crippen molar-refractivity contribution in [3.63, 3.8) is 0 Å². The second-order valence-corrected chi connectivity index (χ2v) is 4.56. The molecule has 0 radical (unpaired) electrons. The Kier molecular flexibility index (Phi) is 3.68. The molecule has 0 saturated carbocycles. The van der Waals surface area contributed by atoms with Gasteiger partial charge in [0.05, 0.1) is 10.9 Å². The van der Waals surface area contributed by atoms with Gasteiger partial charge in [0, 0.05) is 43.0 Å². The summed E-state index contributed by atoms with van der Waals surface area (Å²) in [5.74, 6) is -1.25. The maximum Gasteiger partial charge on any atom is 0.137 e. The van der Waals surface area contributed by atoms with Crippen LogP contribution in [0.25, 0.3) is 10.9 Å². The molecular formula is C15H12F2N4. The Morgan fingerprint density at radius 1 is 1.10 bits per heavy atom. The topological polar surface area (TPSA) is 50.7 Å². The second kappa shape index (κ2) is 5.78. The van der Waals surface area contributed by atoms with E-state index in [1.807, 2.05) is 0 Å². The van der Waals surface area contributed by atoms with Crippen LogP contribution in [0, 0.1) is 11.6 Å². The average Bonchev–Trinajstić information content (AvgIpc) is 2.48. The Labute approximate surface area is 119 Å². The maximum absolute atomic E-state index is 13.9. The second-order valence-electron chi connectivity index (χ2n) is 4.56. The predicted octanol–water partition coefficient (Wildman–Crippen LogP) is 2.96. The Balaban J connectivity index is 1.81. The summed E-state index contributed by atoms with van der Waals surface area (Å²) in [7, 11) is 0. The summed E-state index contributed by atoms with van der Waals surface area (Å²) in [5.41, 5.74) is 1.87. The molecule has 1 N–H and O–H groups in total. The van der Waals surface area contributed by atoms with E-state index in [1.165, 1.54) is 18.6 Å². The van der Waals surface area contributed by atoms with Crippen LogP contribution in [0.15, 0.2) is 43.1 Å². The van der Waals surface area contributed by atoms with Crippen LogP contribution in [0.4, 0.5) is 14.5 Å². The molecule has 21 heavy (non-hydrogen) atoms. The van der Waals surface area contributed by atoms with Gasteiger partial charge in [0.15, 0.2) is 0 Å². The van der Waals surface area contributed by atoms with Crippen LogP contribution >= 0.6 is 0 Å². The van der Waals surface area contributed by atoms with E-state index in [9.17, 15) is 8.78 Å². The fourth-order valence-electron chi connectivity index (χ4n) is 2.15. The first-order chi connectivity index (χ1) is 10.2. The van der Waals surface area contributed by atoms with Crippen molar-refractivity contribution in [3.05, 3.63) is 60.3 Å². The smallest absolute Gasteiger partial charge is 0.137 e. The van der Waals surface area contributed by atoms with Crippen LogP contribution in [0.3, 0.4) is 0 Å². The van der Waals surface area contributed by atoms with E-state index >= 15 is 0 Å². The predicted molar refractivity (Wildman–Crippen MR) is 75.9 cm³/mol. The van der Waals surface area contributed by atoms with Gasteiger partial charge in [0.1, 0.15) is 18.0 Å². The average molecular weight is 286 g/mol. The molecule has 0 spiro atoms. The van der Waals surface area contributed by atoms with Crippen molar-refractivity contribution in [2.24, 2.45) is 0 Å². The lowest BCUT2D eigenvalue weighted by Crippen LogP contribution is -2.06. The number of hydrogen-bond acceptors (Lipinski definition) is 4. The largest absolute Gasteiger partial charge is 0.384 e. The normalized spacial score (nSPS) is 10.8. The molecule has 0 fully saturated rings. The maximum atomic E-state index is 13.9. The van der Waals surface area contributed by atoms with Crippen molar-refractivity contribution >= 4 is 16.6 Å². The van der Waals surface area contributed by atoms with Crippen molar-refractivity contribution in [1.29, 1.82) is 0 Å². The van der Waals surface area contributed by atoms with Crippen molar-refractivity contribution < 1.29 is 8.78 Å². The highest BCUT2D eigenvalue weighted by molar-refractivity contribution is 5.91. The Bertz CT molecular complexity index is 762. The van der Waals surface area contributed by atoms with Gasteiger partial charge in [-0.05, 0) is 18.1 Å². The van der Waals surface area contributed by atoms with Crippen LogP contribution in [0.2, 0.25) is 0 Å². The molecule has 2 heterocycles. The van der Waals surface area contributed by atoms with Gasteiger partial charge in [0.25, 0.3) is 0 Å². The van der Waals surface area contributed by atoms with Gasteiger partial charge in [0.2, 0.25) is 0 Å². The SMILES string of the molecule is Fc1cc(F)c2c(NCCc3cncnc3)ccnc2c1. The lowest BCUT2D eigenvalue weighted by molar-refractivity contribution is 0.591. The molecule has 0 aliphatic heterocycles. The number of benzene rings is 1. The summed E-state index contributed by atoms with van der Waals surface area (Å²) in [4.78, 5) is 11.9. The fourth-order valence-corrected chi connectivity index (χ4v) is 2.15. The Morgan fingerprint density at radius 3 is 2.71 bits per heavy atom. The minimum atomic E-state index is -0.633. The number of pyridine rings is 1. The summed E-state index contributed by atoms with van der Waals surface area (Å²) in [6.45, 7) is 0.587. The first kappa shape index (κ1) is 13.4. The molecule has 0 unspecified atom stereocenters. The number of halogens is 2. The molecule has 3 aromatic rings. The van der Waals surface area contributed by atoms with E-state index in [2.05, 4.69) is 20.3 Å². The number of nitrogens with zero attached hydrogens (tertiary/aromatic N) is 3. The van der Waals surface area contributed by atoms with E-state index in [1.54, 1.807) is 18.5 Å². The molecule has 0 saturated heterocycles. The number of hydrogen-bond donors (Lipinski definition) is 1. The molecule has 106 valence electrons. The van der Waals surface area contributed by atoms with Crippen molar-refractivity contribution in [3.8, 4) is 0 Å². The molecule has 0 aliphatic carbocycles. The van der Waals surface area contributed by atoms with Gasteiger partial charge >= 0.3 is 0 Å². The van der Waals surface area contributed by atoms with E-state index in [4.69, 9.17) is 0 Å². The Hall–Kier alpha value is -2.63. The molecule has 1 aromatic carbocycles. The minimum absolute atomic E-state index is 0.292. The first-order valence-electron chi connectivity index (χ1n) is 6.45. The van der Waals surface area contributed by atoms with Gasteiger partial charge in [-0.1, -0.05) is 0 Å². The summed E-state index contributed by atoms with van der Waals surface area (Å²) < 4.78 is 27.1. The highest BCUT2D eigenvalue weighted by Crippen LogP contribution is 2.25. The molecular weight excluding hydrogens is 274 g/mol. The summed E-state index contributed by atoms with van der Waals surface area (Å²) in [6.07, 6.45) is 7.16. The first-order valence-corrected chi connectivity index (χ1v) is 6.45. The summed E-state index contributed by atoms with van der Waals surface area (Å²) in [6, 6.07) is 3.75. The number of nitrogens with one attached hydrogen (secondary N) is 1. The van der Waals surface area contributed by atoms with Gasteiger partial charge in [-0.25, -0.2) is 18.7 Å². The fraction of sp³-hybridized carbons (Fsp3) is 0.133. The molecule has 3 rings (SSSR count). The molecule has 0 atom stereocenters. The summed E-state index contributed by atoms with van der Waals surface area (Å²) in [5, 5.41) is 3.43. The molecule has 0 bridgehead atoms. The third-order valence-corrected chi connectivity index (χ3v) is 3.10. The molecule has 0 aliphatic rings. The highest BCUT2D eigenvalue weighted by Gasteiger charge is 2.09. The van der Waals surface area contributed by atoms with Crippen molar-refractivity contribution in [2.45, 2.75) is 6.42 Å². The monoisotopic (exact) mass is 286 g/mol. The zero-order valence-electron chi connectivity index (χ0n) is 11.1. The van der Waals surface area contributed by atoms with E-state index in [0.717, 1.165) is 11.6 Å². The number of anilines is 1. The zero-order valence-corrected chi connectivity index (χ0v) is 11.1. The molecule has 4 nitrogen and oxygen atoms in total. The highest BCUT2D eigenvalue weighted by atomic mass is 19.1. The van der Waals surface area contributed by atoms with Crippen LogP contribution in [-0.4, -0.2) is 21.5 Å². The number of aromatic nitrogens is 3. The molecule has 2 aromatic heterocycles.